The lowest BCUT2D eigenvalue weighted by Gasteiger charge is -1.93. The monoisotopic (exact) mass is 200 g/mol. The zero-order valence-electron chi connectivity index (χ0n) is 6.40. The van der Waals surface area contributed by atoms with Gasteiger partial charge in [-0.25, -0.2) is 4.98 Å². The second-order valence-corrected chi connectivity index (χ2v) is 4.74. The van der Waals surface area contributed by atoms with Crippen LogP contribution in [-0.2, 0) is 4.79 Å². The van der Waals surface area contributed by atoms with Gasteiger partial charge in [-0.2, -0.15) is 4.37 Å². The Hall–Kier alpha value is -0.420. The van der Waals surface area contributed by atoms with E-state index in [1.807, 2.05) is 0 Å². The maximum absolute atomic E-state index is 11.2. The molecule has 2 rings (SSSR count). The van der Waals surface area contributed by atoms with E-state index in [4.69, 9.17) is 0 Å². The normalized spacial score (nSPS) is 16.3. The maximum atomic E-state index is 11.2. The molecule has 1 aliphatic carbocycles. The van der Waals surface area contributed by atoms with Crippen LogP contribution in [-0.4, -0.2) is 20.9 Å². The molecule has 0 N–H and O–H groups in total. The number of Topliss-reactive ketones (excluding diaryl/α,β-unsaturated/α-hetero) is 1. The van der Waals surface area contributed by atoms with Gasteiger partial charge in [-0.3, -0.25) is 4.79 Å². The van der Waals surface area contributed by atoms with E-state index in [2.05, 4.69) is 9.36 Å². The van der Waals surface area contributed by atoms with E-state index >= 15 is 0 Å². The number of ketones is 1. The van der Waals surface area contributed by atoms with Gasteiger partial charge < -0.3 is 0 Å². The van der Waals surface area contributed by atoms with Crippen LogP contribution in [0.4, 0.5) is 0 Å². The largest absolute Gasteiger partial charge is 0.298 e. The van der Waals surface area contributed by atoms with E-state index in [0.717, 1.165) is 17.2 Å². The van der Waals surface area contributed by atoms with E-state index in [1.165, 1.54) is 29.6 Å². The zero-order chi connectivity index (χ0) is 8.39. The van der Waals surface area contributed by atoms with Gasteiger partial charge in [-0.15, -0.1) is 0 Å². The van der Waals surface area contributed by atoms with Crippen molar-refractivity contribution >= 4 is 29.1 Å². The van der Waals surface area contributed by atoms with Gasteiger partial charge in [-0.1, -0.05) is 11.8 Å². The molecule has 1 aliphatic rings. The standard InChI is InChI=1S/C7H8N2OS2/c10-6(5-1-2-5)3-11-7-8-4-9-12-7/h4-5H,1-3H2. The molecule has 1 heterocycles. The highest BCUT2D eigenvalue weighted by Gasteiger charge is 2.29. The summed E-state index contributed by atoms with van der Waals surface area (Å²) in [7, 11) is 0. The SMILES string of the molecule is O=C(CSc1ncns1)C1CC1. The fourth-order valence-electron chi connectivity index (χ4n) is 0.883. The summed E-state index contributed by atoms with van der Waals surface area (Å²) >= 11 is 2.85. The lowest BCUT2D eigenvalue weighted by atomic mass is 10.3. The van der Waals surface area contributed by atoms with Gasteiger partial charge in [0, 0.05) is 5.92 Å². The summed E-state index contributed by atoms with van der Waals surface area (Å²) in [4.78, 5) is 15.2. The van der Waals surface area contributed by atoms with Crippen molar-refractivity contribution in [3.05, 3.63) is 6.33 Å². The van der Waals surface area contributed by atoms with Crippen LogP contribution in [0, 0.1) is 5.92 Å². The molecule has 5 heteroatoms. The van der Waals surface area contributed by atoms with E-state index in [0.29, 0.717) is 17.5 Å². The molecular formula is C7H8N2OS2. The Labute approximate surface area is 78.8 Å². The number of nitrogens with zero attached hydrogens (tertiary/aromatic N) is 2. The molecule has 0 saturated heterocycles. The smallest absolute Gasteiger partial charge is 0.170 e. The molecule has 0 radical (unpaired) electrons. The number of rotatable bonds is 4. The minimum atomic E-state index is 0.366. The molecular weight excluding hydrogens is 192 g/mol. The van der Waals surface area contributed by atoms with Crippen molar-refractivity contribution in [1.29, 1.82) is 0 Å². The number of aromatic nitrogens is 2. The van der Waals surface area contributed by atoms with Gasteiger partial charge in [0.2, 0.25) is 0 Å². The first-order valence-electron chi connectivity index (χ1n) is 3.78. The molecule has 0 aromatic carbocycles. The van der Waals surface area contributed by atoms with E-state index in [1.54, 1.807) is 0 Å². The van der Waals surface area contributed by atoms with Crippen molar-refractivity contribution in [3.8, 4) is 0 Å². The highest BCUT2D eigenvalue weighted by Crippen LogP contribution is 2.32. The third-order valence-corrected chi connectivity index (χ3v) is 3.53. The molecule has 64 valence electrons. The van der Waals surface area contributed by atoms with Crippen LogP contribution in [0.3, 0.4) is 0 Å². The Kier molecular flexibility index (Phi) is 2.41. The van der Waals surface area contributed by atoms with E-state index < -0.39 is 0 Å². The number of hydrogen-bond donors (Lipinski definition) is 0. The quantitative estimate of drug-likeness (QED) is 0.692. The predicted molar refractivity (Wildman–Crippen MR) is 48.4 cm³/mol. The first kappa shape index (κ1) is 8.19. The predicted octanol–water partition coefficient (Wildman–Crippen LogP) is 1.61. The van der Waals surface area contributed by atoms with Crippen LogP contribution < -0.4 is 0 Å². The molecule has 12 heavy (non-hydrogen) atoms. The average Bonchev–Trinajstić information content (AvgIpc) is 2.80. The summed E-state index contributed by atoms with van der Waals surface area (Å²) in [5.74, 6) is 1.31. The molecule has 0 amide bonds. The highest BCUT2D eigenvalue weighted by atomic mass is 32.2. The third kappa shape index (κ3) is 2.04. The molecule has 1 aromatic heterocycles. The van der Waals surface area contributed by atoms with Crippen LogP contribution in [0.25, 0.3) is 0 Å². The summed E-state index contributed by atoms with van der Waals surface area (Å²) < 4.78 is 4.75. The number of thioether (sulfide) groups is 1. The summed E-state index contributed by atoms with van der Waals surface area (Å²) in [6.07, 6.45) is 3.71. The summed E-state index contributed by atoms with van der Waals surface area (Å²) in [6.45, 7) is 0. The average molecular weight is 200 g/mol. The Morgan fingerprint density at radius 3 is 3.17 bits per heavy atom. The molecule has 0 spiro atoms. The minimum Gasteiger partial charge on any atom is -0.298 e. The highest BCUT2D eigenvalue weighted by molar-refractivity contribution is 8.01. The van der Waals surface area contributed by atoms with E-state index in [9.17, 15) is 4.79 Å². The summed E-state index contributed by atoms with van der Waals surface area (Å²) in [5.41, 5.74) is 0. The Balaban J connectivity index is 1.78. The second-order valence-electron chi connectivity index (χ2n) is 2.74. The van der Waals surface area contributed by atoms with Gasteiger partial charge in [0.05, 0.1) is 5.75 Å². The lowest BCUT2D eigenvalue weighted by molar-refractivity contribution is -0.117. The van der Waals surface area contributed by atoms with Crippen molar-refractivity contribution in [1.82, 2.24) is 9.36 Å². The van der Waals surface area contributed by atoms with Crippen LogP contribution in [0.2, 0.25) is 0 Å². The molecule has 1 fully saturated rings. The van der Waals surface area contributed by atoms with Gasteiger partial charge in [0.1, 0.15) is 12.1 Å². The fraction of sp³-hybridized carbons (Fsp3) is 0.571. The van der Waals surface area contributed by atoms with Gasteiger partial charge in [0.15, 0.2) is 4.34 Å². The summed E-state index contributed by atoms with van der Waals surface area (Å²) in [6, 6.07) is 0. The van der Waals surface area contributed by atoms with Crippen molar-refractivity contribution in [2.45, 2.75) is 17.2 Å². The second kappa shape index (κ2) is 3.53. The van der Waals surface area contributed by atoms with Gasteiger partial charge in [-0.05, 0) is 24.4 Å². The topological polar surface area (TPSA) is 42.9 Å². The van der Waals surface area contributed by atoms with Crippen molar-refractivity contribution in [2.75, 3.05) is 5.75 Å². The number of hydrogen-bond acceptors (Lipinski definition) is 5. The molecule has 3 nitrogen and oxygen atoms in total. The molecule has 0 unspecified atom stereocenters. The zero-order valence-corrected chi connectivity index (χ0v) is 8.03. The molecule has 1 saturated carbocycles. The first-order valence-corrected chi connectivity index (χ1v) is 5.54. The van der Waals surface area contributed by atoms with E-state index in [-0.39, 0.29) is 0 Å². The number of carbonyl (C=O) groups excluding carboxylic acids is 1. The lowest BCUT2D eigenvalue weighted by Crippen LogP contribution is -2.02. The van der Waals surface area contributed by atoms with Crippen LogP contribution in [0.5, 0.6) is 0 Å². The van der Waals surface area contributed by atoms with Gasteiger partial charge in [0.25, 0.3) is 0 Å². The fourth-order valence-corrected chi connectivity index (χ4v) is 2.30. The Bertz CT molecular complexity index is 269. The molecule has 0 atom stereocenters. The molecule has 1 aromatic rings. The number of carbonyl (C=O) groups is 1. The first-order chi connectivity index (χ1) is 5.86. The van der Waals surface area contributed by atoms with Crippen LogP contribution in [0.15, 0.2) is 10.7 Å². The molecule has 0 bridgehead atoms. The Morgan fingerprint density at radius 1 is 1.75 bits per heavy atom. The minimum absolute atomic E-state index is 0.366. The van der Waals surface area contributed by atoms with Crippen molar-refractivity contribution < 1.29 is 4.79 Å². The Morgan fingerprint density at radius 2 is 2.58 bits per heavy atom. The van der Waals surface area contributed by atoms with Crippen molar-refractivity contribution in [3.63, 3.8) is 0 Å². The van der Waals surface area contributed by atoms with Crippen LogP contribution >= 0.6 is 23.3 Å². The third-order valence-electron chi connectivity index (χ3n) is 1.71. The van der Waals surface area contributed by atoms with Crippen molar-refractivity contribution in [2.24, 2.45) is 5.92 Å². The maximum Gasteiger partial charge on any atom is 0.170 e. The molecule has 0 aliphatic heterocycles. The van der Waals surface area contributed by atoms with Gasteiger partial charge >= 0.3 is 0 Å². The summed E-state index contributed by atoms with van der Waals surface area (Å²) in [5, 5.41) is 0. The van der Waals surface area contributed by atoms with Crippen LogP contribution in [0.1, 0.15) is 12.8 Å².